The van der Waals surface area contributed by atoms with E-state index in [4.69, 9.17) is 12.2 Å². The van der Waals surface area contributed by atoms with E-state index in [1.165, 1.54) is 10.4 Å². The van der Waals surface area contributed by atoms with Crippen LogP contribution in [0.1, 0.15) is 30.3 Å². The van der Waals surface area contributed by atoms with Crippen LogP contribution in [0.25, 0.3) is 0 Å². The molecule has 0 spiro atoms. The summed E-state index contributed by atoms with van der Waals surface area (Å²) in [6, 6.07) is 12.7. The molecule has 0 radical (unpaired) electrons. The topological polar surface area (TPSA) is 24.1 Å². The first-order chi connectivity index (χ1) is 9.56. The Hall–Kier alpha value is -1.39. The second-order valence-electron chi connectivity index (χ2n) is 5.21. The van der Waals surface area contributed by atoms with Crippen LogP contribution < -0.4 is 10.6 Å². The zero-order chi connectivity index (χ0) is 14.5. The van der Waals surface area contributed by atoms with E-state index in [0.29, 0.717) is 11.0 Å². The van der Waals surface area contributed by atoms with Gasteiger partial charge in [-0.2, -0.15) is 0 Å². The van der Waals surface area contributed by atoms with E-state index in [1.807, 2.05) is 12.1 Å². The molecule has 0 unspecified atom stereocenters. The Morgan fingerprint density at radius 3 is 2.60 bits per heavy atom. The van der Waals surface area contributed by atoms with Crippen molar-refractivity contribution in [3.63, 3.8) is 0 Å². The van der Waals surface area contributed by atoms with Crippen molar-refractivity contribution in [2.75, 3.05) is 5.32 Å². The molecule has 0 bridgehead atoms. The molecule has 0 aliphatic heterocycles. The van der Waals surface area contributed by atoms with E-state index in [-0.39, 0.29) is 6.04 Å². The molecular weight excluding hydrogens is 284 g/mol. The molecule has 0 saturated carbocycles. The Morgan fingerprint density at radius 2 is 2.00 bits per heavy atom. The van der Waals surface area contributed by atoms with Crippen molar-refractivity contribution < 1.29 is 0 Å². The number of hydrogen-bond acceptors (Lipinski definition) is 2. The van der Waals surface area contributed by atoms with Gasteiger partial charge in [-0.15, -0.1) is 11.3 Å². The molecule has 106 valence electrons. The molecule has 20 heavy (non-hydrogen) atoms. The van der Waals surface area contributed by atoms with Crippen molar-refractivity contribution in [3.05, 3.63) is 52.2 Å². The normalized spacial score (nSPS) is 12.2. The molecule has 1 atom stereocenters. The van der Waals surface area contributed by atoms with E-state index in [1.54, 1.807) is 11.3 Å². The summed E-state index contributed by atoms with van der Waals surface area (Å²) in [5.41, 5.74) is 2.24. The predicted molar refractivity (Wildman–Crippen MR) is 92.4 cm³/mol. The minimum Gasteiger partial charge on any atom is -0.355 e. The Balaban J connectivity index is 2.02. The SMILES string of the molecule is Cc1cccc(NC(=S)N[C@@H](c2cccs2)C(C)C)c1. The Labute approximate surface area is 130 Å². The molecule has 2 aromatic rings. The van der Waals surface area contributed by atoms with Gasteiger partial charge in [0, 0.05) is 10.6 Å². The fourth-order valence-electron chi connectivity index (χ4n) is 2.07. The molecule has 0 aliphatic rings. The smallest absolute Gasteiger partial charge is 0.171 e. The molecule has 1 heterocycles. The summed E-state index contributed by atoms with van der Waals surface area (Å²) in [6.07, 6.45) is 0. The van der Waals surface area contributed by atoms with Crippen LogP contribution in [0.3, 0.4) is 0 Å². The minimum atomic E-state index is 0.250. The third-order valence-electron chi connectivity index (χ3n) is 3.08. The van der Waals surface area contributed by atoms with Gasteiger partial charge < -0.3 is 10.6 Å². The van der Waals surface area contributed by atoms with Gasteiger partial charge in [-0.05, 0) is 54.2 Å². The predicted octanol–water partition coefficient (Wildman–Crippen LogP) is 4.74. The fourth-order valence-corrected chi connectivity index (χ4v) is 3.26. The van der Waals surface area contributed by atoms with Crippen LogP contribution in [0.2, 0.25) is 0 Å². The standard InChI is InChI=1S/C16H20N2S2/c1-11(2)15(14-8-5-9-20-14)18-16(19)17-13-7-4-6-12(3)10-13/h4-11,15H,1-3H3,(H2,17,18,19)/t15-/m1/s1. The zero-order valence-electron chi connectivity index (χ0n) is 12.0. The summed E-state index contributed by atoms with van der Waals surface area (Å²) < 4.78 is 0. The lowest BCUT2D eigenvalue weighted by molar-refractivity contribution is 0.480. The average Bonchev–Trinajstić information content (AvgIpc) is 2.89. The van der Waals surface area contributed by atoms with Crippen molar-refractivity contribution in [1.29, 1.82) is 0 Å². The second kappa shape index (κ2) is 6.86. The number of anilines is 1. The Morgan fingerprint density at radius 1 is 1.20 bits per heavy atom. The maximum absolute atomic E-state index is 5.43. The average molecular weight is 304 g/mol. The second-order valence-corrected chi connectivity index (χ2v) is 6.59. The minimum absolute atomic E-state index is 0.250. The maximum Gasteiger partial charge on any atom is 0.171 e. The van der Waals surface area contributed by atoms with Gasteiger partial charge in [-0.3, -0.25) is 0 Å². The molecule has 2 nitrogen and oxygen atoms in total. The van der Waals surface area contributed by atoms with Crippen LogP contribution in [0.5, 0.6) is 0 Å². The number of thiocarbonyl (C=S) groups is 1. The van der Waals surface area contributed by atoms with E-state index in [9.17, 15) is 0 Å². The largest absolute Gasteiger partial charge is 0.355 e. The van der Waals surface area contributed by atoms with Crippen molar-refractivity contribution in [1.82, 2.24) is 5.32 Å². The summed E-state index contributed by atoms with van der Waals surface area (Å²) in [4.78, 5) is 1.31. The molecule has 0 aliphatic carbocycles. The Kier molecular flexibility index (Phi) is 5.15. The summed E-state index contributed by atoms with van der Waals surface area (Å²) in [5.74, 6) is 0.478. The molecular formula is C16H20N2S2. The molecule has 0 fully saturated rings. The highest BCUT2D eigenvalue weighted by molar-refractivity contribution is 7.80. The first-order valence-corrected chi connectivity index (χ1v) is 8.02. The summed E-state index contributed by atoms with van der Waals surface area (Å²) >= 11 is 7.19. The van der Waals surface area contributed by atoms with Crippen LogP contribution in [0.15, 0.2) is 41.8 Å². The third kappa shape index (κ3) is 4.05. The maximum atomic E-state index is 5.43. The van der Waals surface area contributed by atoms with Crippen molar-refractivity contribution >= 4 is 34.4 Å². The lowest BCUT2D eigenvalue weighted by atomic mass is 10.0. The van der Waals surface area contributed by atoms with Gasteiger partial charge >= 0.3 is 0 Å². The van der Waals surface area contributed by atoms with E-state index in [2.05, 4.69) is 61.1 Å². The molecule has 0 saturated heterocycles. The first kappa shape index (κ1) is 15.0. The molecule has 1 aromatic heterocycles. The number of hydrogen-bond donors (Lipinski definition) is 2. The quantitative estimate of drug-likeness (QED) is 0.798. The van der Waals surface area contributed by atoms with Gasteiger partial charge in [-0.25, -0.2) is 0 Å². The van der Waals surface area contributed by atoms with Crippen LogP contribution in [0.4, 0.5) is 5.69 Å². The summed E-state index contributed by atoms with van der Waals surface area (Å²) in [6.45, 7) is 6.48. The first-order valence-electron chi connectivity index (χ1n) is 6.74. The lowest BCUT2D eigenvalue weighted by Gasteiger charge is -2.23. The van der Waals surface area contributed by atoms with Crippen molar-refractivity contribution in [2.24, 2.45) is 5.92 Å². The van der Waals surface area contributed by atoms with E-state index < -0.39 is 0 Å². The van der Waals surface area contributed by atoms with Crippen molar-refractivity contribution in [3.8, 4) is 0 Å². The number of nitrogens with one attached hydrogen (secondary N) is 2. The van der Waals surface area contributed by atoms with Crippen LogP contribution in [0, 0.1) is 12.8 Å². The van der Waals surface area contributed by atoms with Crippen LogP contribution in [-0.2, 0) is 0 Å². The van der Waals surface area contributed by atoms with Crippen molar-refractivity contribution in [2.45, 2.75) is 26.8 Å². The lowest BCUT2D eigenvalue weighted by Crippen LogP contribution is -2.34. The highest BCUT2D eigenvalue weighted by atomic mass is 32.1. The molecule has 2 N–H and O–H groups in total. The monoisotopic (exact) mass is 304 g/mol. The van der Waals surface area contributed by atoms with Gasteiger partial charge in [-0.1, -0.05) is 32.0 Å². The van der Waals surface area contributed by atoms with Gasteiger partial charge in [0.25, 0.3) is 0 Å². The van der Waals surface area contributed by atoms with E-state index in [0.717, 1.165) is 5.69 Å². The number of thiophene rings is 1. The zero-order valence-corrected chi connectivity index (χ0v) is 13.6. The molecule has 1 aromatic carbocycles. The van der Waals surface area contributed by atoms with Gasteiger partial charge in [0.05, 0.1) is 6.04 Å². The number of benzene rings is 1. The van der Waals surface area contributed by atoms with Gasteiger partial charge in [0.1, 0.15) is 0 Å². The highest BCUT2D eigenvalue weighted by Crippen LogP contribution is 2.25. The summed E-state index contributed by atoms with van der Waals surface area (Å²) in [7, 11) is 0. The van der Waals surface area contributed by atoms with Gasteiger partial charge in [0.2, 0.25) is 0 Å². The number of aryl methyl sites for hydroxylation is 1. The molecule has 4 heteroatoms. The highest BCUT2D eigenvalue weighted by Gasteiger charge is 2.17. The van der Waals surface area contributed by atoms with Gasteiger partial charge in [0.15, 0.2) is 5.11 Å². The fraction of sp³-hybridized carbons (Fsp3) is 0.312. The van der Waals surface area contributed by atoms with Crippen LogP contribution >= 0.6 is 23.6 Å². The van der Waals surface area contributed by atoms with E-state index >= 15 is 0 Å². The van der Waals surface area contributed by atoms with Crippen LogP contribution in [-0.4, -0.2) is 5.11 Å². The number of rotatable bonds is 4. The molecule has 0 amide bonds. The third-order valence-corrected chi connectivity index (χ3v) is 4.25. The molecule has 2 rings (SSSR count). The summed E-state index contributed by atoms with van der Waals surface area (Å²) in [5, 5.41) is 9.44. The Bertz CT molecular complexity index is 562.